The van der Waals surface area contributed by atoms with Gasteiger partial charge in [-0.25, -0.2) is 5.43 Å². The van der Waals surface area contributed by atoms with Gasteiger partial charge in [-0.3, -0.25) is 9.59 Å². The smallest absolute Gasteiger partial charge is 0.291 e. The number of rotatable bonds is 6. The van der Waals surface area contributed by atoms with Crippen LogP contribution in [0.2, 0.25) is 10.0 Å². The van der Waals surface area contributed by atoms with E-state index in [1.165, 1.54) is 6.07 Å². The van der Waals surface area contributed by atoms with Crippen LogP contribution in [0.15, 0.2) is 52.0 Å². The van der Waals surface area contributed by atoms with Gasteiger partial charge in [0.1, 0.15) is 11.5 Å². The molecule has 0 bridgehead atoms. The Morgan fingerprint density at radius 3 is 2.59 bits per heavy atom. The van der Waals surface area contributed by atoms with Gasteiger partial charge < -0.3 is 14.5 Å². The molecule has 0 unspecified atom stereocenters. The van der Waals surface area contributed by atoms with Crippen molar-refractivity contribution >= 4 is 46.4 Å². The Morgan fingerprint density at radius 1 is 1.09 bits per heavy atom. The summed E-state index contributed by atoms with van der Waals surface area (Å²) in [6.45, 7) is 3.54. The molecule has 0 fully saturated rings. The van der Waals surface area contributed by atoms with Crippen molar-refractivity contribution in [2.45, 2.75) is 33.1 Å². The average Bonchev–Trinajstić information content (AvgIpc) is 3.16. The maximum absolute atomic E-state index is 12.8. The molecule has 0 saturated heterocycles. The highest BCUT2D eigenvalue weighted by molar-refractivity contribution is 6.35. The van der Waals surface area contributed by atoms with Crippen molar-refractivity contribution in [1.29, 1.82) is 0 Å². The number of nitrogens with zero attached hydrogens (tertiary/aromatic N) is 1. The molecule has 0 saturated carbocycles. The lowest BCUT2D eigenvalue weighted by atomic mass is 9.93. The molecule has 0 atom stereocenters. The number of hydrogen-bond acceptors (Lipinski definition) is 5. The second-order valence-electron chi connectivity index (χ2n) is 7.98. The summed E-state index contributed by atoms with van der Waals surface area (Å²) < 4.78 is 11.3. The fourth-order valence-corrected chi connectivity index (χ4v) is 4.18. The Hall–Kier alpha value is -3.29. The number of fused-ring (bicyclic) bond motifs is 1. The minimum Gasteiger partial charge on any atom is -0.482 e. The number of aryl methyl sites for hydroxylation is 2. The fourth-order valence-electron chi connectivity index (χ4n) is 3.72. The van der Waals surface area contributed by atoms with Gasteiger partial charge in [-0.1, -0.05) is 40.9 Å². The summed E-state index contributed by atoms with van der Waals surface area (Å²) in [5, 5.41) is 7.94. The Labute approximate surface area is 207 Å². The van der Waals surface area contributed by atoms with Gasteiger partial charge in [0, 0.05) is 28.3 Å². The first kappa shape index (κ1) is 23.9. The van der Waals surface area contributed by atoms with E-state index in [1.54, 1.807) is 12.1 Å². The summed E-state index contributed by atoms with van der Waals surface area (Å²) in [6.07, 6.45) is 2.14. The number of hydrogen-bond donors (Lipinski definition) is 2. The highest BCUT2D eigenvalue weighted by Crippen LogP contribution is 2.30. The number of ether oxygens (including phenoxy) is 1. The number of carbonyl (C=O) groups is 2. The maximum atomic E-state index is 12.8. The number of benzene rings is 2. The monoisotopic (exact) mass is 499 g/mol. The largest absolute Gasteiger partial charge is 0.482 e. The number of carbonyl (C=O) groups excluding carboxylic acids is 2. The lowest BCUT2D eigenvalue weighted by molar-refractivity contribution is -0.123. The van der Waals surface area contributed by atoms with Gasteiger partial charge in [0.05, 0.1) is 10.7 Å². The van der Waals surface area contributed by atoms with Gasteiger partial charge in [-0.2, -0.15) is 5.10 Å². The van der Waals surface area contributed by atoms with Gasteiger partial charge in [0.15, 0.2) is 12.4 Å². The Bertz CT molecular complexity index is 1270. The van der Waals surface area contributed by atoms with Gasteiger partial charge in [-0.15, -0.1) is 0 Å². The number of hydrazone groups is 1. The zero-order valence-corrected chi connectivity index (χ0v) is 20.2. The first-order valence-corrected chi connectivity index (χ1v) is 11.5. The molecule has 7 nitrogen and oxygen atoms in total. The molecule has 176 valence electrons. The van der Waals surface area contributed by atoms with Crippen LogP contribution in [0.1, 0.15) is 45.8 Å². The molecular formula is C25H23Cl2N3O4. The molecule has 1 aliphatic carbocycles. The van der Waals surface area contributed by atoms with E-state index >= 15 is 0 Å². The topological polar surface area (TPSA) is 92.9 Å². The predicted octanol–water partition coefficient (Wildman–Crippen LogP) is 5.69. The van der Waals surface area contributed by atoms with Crippen LogP contribution in [0.3, 0.4) is 0 Å². The number of furan rings is 1. The summed E-state index contributed by atoms with van der Waals surface area (Å²) in [4.78, 5) is 25.1. The molecule has 1 heterocycles. The van der Waals surface area contributed by atoms with Crippen LogP contribution in [-0.2, 0) is 11.2 Å². The third-order valence-corrected chi connectivity index (χ3v) is 5.94. The molecule has 1 aliphatic rings. The van der Waals surface area contributed by atoms with E-state index in [2.05, 4.69) is 15.8 Å². The quantitative estimate of drug-likeness (QED) is 0.426. The molecule has 1 aromatic heterocycles. The molecule has 0 aliphatic heterocycles. The molecular weight excluding hydrogens is 477 g/mol. The molecule has 4 rings (SSSR count). The van der Waals surface area contributed by atoms with Gasteiger partial charge >= 0.3 is 0 Å². The lowest BCUT2D eigenvalue weighted by Crippen LogP contribution is -2.27. The van der Waals surface area contributed by atoms with E-state index in [-0.39, 0.29) is 18.3 Å². The Balaban J connectivity index is 1.44. The maximum Gasteiger partial charge on any atom is 0.291 e. The van der Waals surface area contributed by atoms with Crippen molar-refractivity contribution in [3.63, 3.8) is 0 Å². The zero-order chi connectivity index (χ0) is 24.2. The van der Waals surface area contributed by atoms with Crippen LogP contribution < -0.4 is 15.5 Å². The summed E-state index contributed by atoms with van der Waals surface area (Å²) >= 11 is 11.9. The third-order valence-electron chi connectivity index (χ3n) is 5.41. The van der Waals surface area contributed by atoms with Gasteiger partial charge in [-0.05, 0) is 57.0 Å². The van der Waals surface area contributed by atoms with Gasteiger partial charge in [0.25, 0.3) is 11.8 Å². The molecule has 0 radical (unpaired) electrons. The first-order chi connectivity index (χ1) is 16.3. The van der Waals surface area contributed by atoms with Crippen molar-refractivity contribution in [3.8, 4) is 5.75 Å². The van der Waals surface area contributed by atoms with Crippen molar-refractivity contribution in [2.24, 2.45) is 5.10 Å². The molecule has 2 N–H and O–H groups in total. The summed E-state index contributed by atoms with van der Waals surface area (Å²) in [6, 6.07) is 12.3. The minimum atomic E-state index is -0.441. The van der Waals surface area contributed by atoms with E-state index in [4.69, 9.17) is 32.4 Å². The molecule has 0 spiro atoms. The summed E-state index contributed by atoms with van der Waals surface area (Å²) in [5.74, 6) is 0.516. The molecule has 2 aromatic carbocycles. The predicted molar refractivity (Wildman–Crippen MR) is 132 cm³/mol. The van der Waals surface area contributed by atoms with Crippen molar-refractivity contribution in [3.05, 3.63) is 80.7 Å². The zero-order valence-electron chi connectivity index (χ0n) is 18.7. The highest BCUT2D eigenvalue weighted by atomic mass is 35.5. The van der Waals surface area contributed by atoms with Gasteiger partial charge in [0.2, 0.25) is 0 Å². The average molecular weight is 500 g/mol. The normalized spacial score (nSPS) is 13.9. The molecule has 34 heavy (non-hydrogen) atoms. The number of nitrogens with one attached hydrogen (secondary N) is 2. The summed E-state index contributed by atoms with van der Waals surface area (Å²) in [7, 11) is 0. The van der Waals surface area contributed by atoms with Crippen LogP contribution in [0.25, 0.3) is 0 Å². The van der Waals surface area contributed by atoms with Crippen LogP contribution in [0, 0.1) is 13.8 Å². The summed E-state index contributed by atoms with van der Waals surface area (Å²) in [5.41, 5.74) is 6.43. The molecule has 9 heteroatoms. The van der Waals surface area contributed by atoms with E-state index in [9.17, 15) is 9.59 Å². The van der Waals surface area contributed by atoms with E-state index in [1.807, 2.05) is 38.1 Å². The Morgan fingerprint density at radius 2 is 1.85 bits per heavy atom. The van der Waals surface area contributed by atoms with E-state index in [0.717, 1.165) is 17.5 Å². The van der Waals surface area contributed by atoms with Crippen molar-refractivity contribution in [2.75, 3.05) is 11.9 Å². The molecule has 3 aromatic rings. The minimum absolute atomic E-state index is 0.243. The molecule has 2 amide bonds. The van der Waals surface area contributed by atoms with Crippen LogP contribution >= 0.6 is 23.2 Å². The first-order valence-electron chi connectivity index (χ1n) is 10.8. The van der Waals surface area contributed by atoms with Crippen molar-refractivity contribution < 1.29 is 18.7 Å². The SMILES string of the molecule is Cc1ccc(NC(=O)c2oc3c(c2C)/C(=N/NC(=O)COc2ccc(Cl)cc2Cl)CCC3)cc1. The number of anilines is 1. The second kappa shape index (κ2) is 10.3. The standard InChI is InChI=1S/C25H23Cl2N3O4/c1-14-6-9-17(10-7-14)28-25(32)24-15(2)23-19(4-3-5-21(23)34-24)29-30-22(31)13-33-20-11-8-16(26)12-18(20)27/h6-12H,3-5,13H2,1-2H3,(H,28,32)(H,30,31)/b29-19+. The fraction of sp³-hybridized carbons (Fsp3) is 0.240. The third kappa shape index (κ3) is 5.43. The number of halogens is 2. The number of amides is 2. The van der Waals surface area contributed by atoms with E-state index < -0.39 is 5.91 Å². The highest BCUT2D eigenvalue weighted by Gasteiger charge is 2.28. The van der Waals surface area contributed by atoms with Crippen LogP contribution in [0.4, 0.5) is 5.69 Å². The van der Waals surface area contributed by atoms with Crippen LogP contribution in [-0.4, -0.2) is 24.1 Å². The second-order valence-corrected chi connectivity index (χ2v) is 8.83. The Kier molecular flexibility index (Phi) is 7.24. The lowest BCUT2D eigenvalue weighted by Gasteiger charge is -2.13. The van der Waals surface area contributed by atoms with E-state index in [0.29, 0.717) is 51.4 Å². The van der Waals surface area contributed by atoms with Crippen LogP contribution in [0.5, 0.6) is 5.75 Å². The van der Waals surface area contributed by atoms with Crippen molar-refractivity contribution in [1.82, 2.24) is 5.43 Å².